The molecule has 0 rings (SSSR count). The van der Waals surface area contributed by atoms with Crippen molar-refractivity contribution in [3.63, 3.8) is 0 Å². The third-order valence-corrected chi connectivity index (χ3v) is 0.440. The fourth-order valence-corrected chi connectivity index (χ4v) is 0.209. The molecule has 0 spiro atoms. The zero-order valence-electron chi connectivity index (χ0n) is 3.98. The summed E-state index contributed by atoms with van der Waals surface area (Å²) in [5, 5.41) is 8.07. The topological polar surface area (TPSA) is 29.5 Å². The molecule has 0 bridgehead atoms. The van der Waals surface area contributed by atoms with E-state index in [0.29, 0.717) is 13.2 Å². The summed E-state index contributed by atoms with van der Waals surface area (Å²) in [5.41, 5.74) is 0. The van der Waals surface area contributed by atoms with Crippen LogP contribution in [0.25, 0.3) is 0 Å². The molecule has 7 heavy (non-hydrogen) atoms. The fraction of sp³-hybridized carbons (Fsp3) is 1.00. The van der Waals surface area contributed by atoms with Crippen LogP contribution in [0, 0.1) is 0 Å². The maximum atomic E-state index is 8.07. The number of hydrogen-bond acceptors (Lipinski definition) is 2. The second-order valence-electron chi connectivity index (χ2n) is 0.921. The zero-order chi connectivity index (χ0) is 4.83. The van der Waals surface area contributed by atoms with Gasteiger partial charge in [-0.25, -0.2) is 0 Å². The number of aliphatic hydroxyl groups excluding tert-OH is 1. The summed E-state index contributed by atoms with van der Waals surface area (Å²) in [5.74, 6) is 0. The molecular formula is C4H14GeO2. The standard InChI is InChI=1S/C4H10O2.GeH4/c1-2-6-4-3-5;/h5H,2-4H2,1H3;1H4. The summed E-state index contributed by atoms with van der Waals surface area (Å²) < 4.78 is 4.73. The van der Waals surface area contributed by atoms with Crippen LogP contribution in [-0.2, 0) is 4.74 Å². The van der Waals surface area contributed by atoms with Gasteiger partial charge in [0.15, 0.2) is 0 Å². The van der Waals surface area contributed by atoms with E-state index in [1.54, 1.807) is 0 Å². The van der Waals surface area contributed by atoms with E-state index in [-0.39, 0.29) is 24.2 Å². The van der Waals surface area contributed by atoms with Gasteiger partial charge in [0.1, 0.15) is 0 Å². The summed E-state index contributed by atoms with van der Waals surface area (Å²) >= 11 is 0. The summed E-state index contributed by atoms with van der Waals surface area (Å²) in [6.45, 7) is 3.20. The molecule has 0 heterocycles. The van der Waals surface area contributed by atoms with Gasteiger partial charge in [0, 0.05) is 6.61 Å². The normalized spacial score (nSPS) is 7.71. The first-order valence-electron chi connectivity index (χ1n) is 2.10. The Bertz CT molecular complexity index is 21.7. The molecule has 0 radical (unpaired) electrons. The van der Waals surface area contributed by atoms with Crippen LogP contribution in [-0.4, -0.2) is 42.5 Å². The van der Waals surface area contributed by atoms with Gasteiger partial charge >= 0.3 is 17.6 Å². The third kappa shape index (κ3) is 10.7. The van der Waals surface area contributed by atoms with Gasteiger partial charge in [-0.1, -0.05) is 0 Å². The van der Waals surface area contributed by atoms with Gasteiger partial charge in [-0.15, -0.1) is 0 Å². The Morgan fingerprint density at radius 2 is 2.14 bits per heavy atom. The molecular weight excluding hydrogens is 153 g/mol. The van der Waals surface area contributed by atoms with Gasteiger partial charge < -0.3 is 9.84 Å². The Hall–Kier alpha value is 0.463. The second-order valence-corrected chi connectivity index (χ2v) is 0.921. The van der Waals surface area contributed by atoms with Crippen LogP contribution in [0.2, 0.25) is 0 Å². The van der Waals surface area contributed by atoms with Crippen LogP contribution in [0.15, 0.2) is 0 Å². The van der Waals surface area contributed by atoms with E-state index in [1.165, 1.54) is 0 Å². The molecule has 2 nitrogen and oxygen atoms in total. The molecule has 0 aromatic heterocycles. The van der Waals surface area contributed by atoms with E-state index in [1.807, 2.05) is 6.92 Å². The first-order valence-corrected chi connectivity index (χ1v) is 2.10. The zero-order valence-corrected chi connectivity index (χ0v) is 3.98. The van der Waals surface area contributed by atoms with Crippen molar-refractivity contribution < 1.29 is 9.84 Å². The minimum atomic E-state index is 0. The molecule has 0 unspecified atom stereocenters. The van der Waals surface area contributed by atoms with Crippen molar-refractivity contribution in [1.29, 1.82) is 0 Å². The summed E-state index contributed by atoms with van der Waals surface area (Å²) in [4.78, 5) is 0. The van der Waals surface area contributed by atoms with Crippen LogP contribution >= 0.6 is 0 Å². The van der Waals surface area contributed by atoms with Gasteiger partial charge in [-0.3, -0.25) is 0 Å². The van der Waals surface area contributed by atoms with E-state index in [4.69, 9.17) is 9.84 Å². The molecule has 0 aliphatic carbocycles. The first kappa shape index (κ1) is 10.4. The Morgan fingerprint density at radius 1 is 1.57 bits per heavy atom. The quantitative estimate of drug-likeness (QED) is 0.412. The van der Waals surface area contributed by atoms with E-state index in [9.17, 15) is 0 Å². The Morgan fingerprint density at radius 3 is 2.29 bits per heavy atom. The molecule has 0 amide bonds. The van der Waals surface area contributed by atoms with Crippen molar-refractivity contribution in [2.75, 3.05) is 19.8 Å². The summed E-state index contributed by atoms with van der Waals surface area (Å²) in [7, 11) is 0. The van der Waals surface area contributed by atoms with E-state index >= 15 is 0 Å². The van der Waals surface area contributed by atoms with Gasteiger partial charge in [0.2, 0.25) is 0 Å². The molecule has 0 atom stereocenters. The molecule has 0 saturated heterocycles. The monoisotopic (exact) mass is 168 g/mol. The summed E-state index contributed by atoms with van der Waals surface area (Å²) in [6, 6.07) is 0. The van der Waals surface area contributed by atoms with Crippen molar-refractivity contribution >= 4 is 17.6 Å². The number of rotatable bonds is 3. The third-order valence-electron chi connectivity index (χ3n) is 0.440. The van der Waals surface area contributed by atoms with Crippen LogP contribution in [0.1, 0.15) is 6.92 Å². The summed E-state index contributed by atoms with van der Waals surface area (Å²) in [6.07, 6.45) is 0. The maximum absolute atomic E-state index is 8.07. The van der Waals surface area contributed by atoms with Gasteiger partial charge in [0.05, 0.1) is 13.2 Å². The van der Waals surface area contributed by atoms with Crippen LogP contribution < -0.4 is 0 Å². The van der Waals surface area contributed by atoms with Gasteiger partial charge in [-0.05, 0) is 6.92 Å². The predicted octanol–water partition coefficient (Wildman–Crippen LogP) is -1.44. The average Bonchev–Trinajstić information content (AvgIpc) is 1.61. The SMILES string of the molecule is CCOCCO.[GeH4]. The van der Waals surface area contributed by atoms with Crippen molar-refractivity contribution in [2.24, 2.45) is 0 Å². The van der Waals surface area contributed by atoms with Crippen LogP contribution in [0.5, 0.6) is 0 Å². The Balaban J connectivity index is 0. The van der Waals surface area contributed by atoms with Gasteiger partial charge in [0.25, 0.3) is 0 Å². The molecule has 0 aromatic carbocycles. The molecule has 0 fully saturated rings. The fourth-order valence-electron chi connectivity index (χ4n) is 0.209. The number of aliphatic hydroxyl groups is 1. The van der Waals surface area contributed by atoms with Crippen molar-refractivity contribution in [1.82, 2.24) is 0 Å². The van der Waals surface area contributed by atoms with Crippen LogP contribution in [0.4, 0.5) is 0 Å². The van der Waals surface area contributed by atoms with Crippen LogP contribution in [0.3, 0.4) is 0 Å². The second kappa shape index (κ2) is 9.68. The first-order chi connectivity index (χ1) is 2.91. The van der Waals surface area contributed by atoms with E-state index in [2.05, 4.69) is 0 Å². The molecule has 1 N–H and O–H groups in total. The van der Waals surface area contributed by atoms with Crippen molar-refractivity contribution in [3.05, 3.63) is 0 Å². The molecule has 0 aliphatic rings. The molecule has 46 valence electrons. The Labute approximate surface area is 54.8 Å². The Kier molecular flexibility index (Phi) is 14.4. The van der Waals surface area contributed by atoms with Crippen molar-refractivity contribution in [2.45, 2.75) is 6.92 Å². The molecule has 0 aliphatic heterocycles. The van der Waals surface area contributed by atoms with Gasteiger partial charge in [-0.2, -0.15) is 0 Å². The minimum absolute atomic E-state index is 0. The molecule has 0 saturated carbocycles. The average molecular weight is 167 g/mol. The molecule has 0 aromatic rings. The van der Waals surface area contributed by atoms with E-state index < -0.39 is 0 Å². The number of hydrogen-bond donors (Lipinski definition) is 1. The van der Waals surface area contributed by atoms with E-state index in [0.717, 1.165) is 0 Å². The predicted molar refractivity (Wildman–Crippen MR) is 34.9 cm³/mol. The number of ether oxygens (including phenoxy) is 1. The molecule has 3 heteroatoms. The van der Waals surface area contributed by atoms with Crippen molar-refractivity contribution in [3.8, 4) is 0 Å².